The largest absolute Gasteiger partial charge is 0.494 e. The average Bonchev–Trinajstić information content (AvgIpc) is 2.89. The first kappa shape index (κ1) is 15.1. The van der Waals surface area contributed by atoms with Crippen LogP contribution in [0.3, 0.4) is 0 Å². The van der Waals surface area contributed by atoms with Crippen LogP contribution in [-0.2, 0) is 10.0 Å². The number of sulfonamides is 1. The number of carboxylic acid groups (broad SMARTS) is 1. The van der Waals surface area contributed by atoms with E-state index in [0.717, 1.165) is 19.2 Å². The van der Waals surface area contributed by atoms with E-state index in [2.05, 4.69) is 14.4 Å². The van der Waals surface area contributed by atoms with Gasteiger partial charge in [0.15, 0.2) is 11.6 Å². The molecule has 0 spiro atoms. The van der Waals surface area contributed by atoms with Crippen LogP contribution in [0.4, 0.5) is 5.82 Å². The van der Waals surface area contributed by atoms with E-state index >= 15 is 0 Å². The van der Waals surface area contributed by atoms with Gasteiger partial charge in [-0.15, -0.1) is 0 Å². The molecule has 0 aliphatic heterocycles. The van der Waals surface area contributed by atoms with E-state index in [1.54, 1.807) is 0 Å². The maximum atomic E-state index is 12.3. The Hall–Kier alpha value is -2.26. The summed E-state index contributed by atoms with van der Waals surface area (Å²) in [5, 5.41) is 12.4. The Labute approximate surface area is 124 Å². The zero-order valence-corrected chi connectivity index (χ0v) is 12.1. The lowest BCUT2D eigenvalue weighted by Gasteiger charge is -2.12. The Morgan fingerprint density at radius 2 is 2.19 bits per heavy atom. The molecule has 8 nitrogen and oxygen atoms in total. The molecular formula is C11H9ClN2O6S. The van der Waals surface area contributed by atoms with Crippen molar-refractivity contribution in [3.63, 3.8) is 0 Å². The molecule has 1 heterocycles. The summed E-state index contributed by atoms with van der Waals surface area (Å²) in [6.45, 7) is 0. The number of benzene rings is 1. The van der Waals surface area contributed by atoms with Gasteiger partial charge in [0, 0.05) is 11.1 Å². The highest BCUT2D eigenvalue weighted by molar-refractivity contribution is 7.92. The van der Waals surface area contributed by atoms with Crippen LogP contribution in [0.1, 0.15) is 10.4 Å². The Kier molecular flexibility index (Phi) is 4.05. The van der Waals surface area contributed by atoms with Crippen molar-refractivity contribution in [2.24, 2.45) is 0 Å². The summed E-state index contributed by atoms with van der Waals surface area (Å²) in [6, 6.07) is 3.46. The lowest BCUT2D eigenvalue weighted by atomic mass is 10.2. The molecule has 1 aromatic heterocycles. The zero-order valence-electron chi connectivity index (χ0n) is 10.5. The third-order valence-electron chi connectivity index (χ3n) is 2.42. The molecular weight excluding hydrogens is 324 g/mol. The summed E-state index contributed by atoms with van der Waals surface area (Å²) < 4.78 is 36.1. The van der Waals surface area contributed by atoms with Crippen LogP contribution in [0.15, 0.2) is 33.9 Å². The van der Waals surface area contributed by atoms with Crippen LogP contribution in [0.5, 0.6) is 5.75 Å². The minimum absolute atomic E-state index is 0.0612. The minimum Gasteiger partial charge on any atom is -0.494 e. The first-order valence-electron chi connectivity index (χ1n) is 5.39. The quantitative estimate of drug-likeness (QED) is 0.857. The van der Waals surface area contributed by atoms with E-state index in [-0.39, 0.29) is 22.2 Å². The van der Waals surface area contributed by atoms with Crippen LogP contribution in [0, 0.1) is 0 Å². The number of aromatic nitrogens is 1. The molecule has 0 aliphatic rings. The van der Waals surface area contributed by atoms with Gasteiger partial charge in [0.05, 0.1) is 7.11 Å². The van der Waals surface area contributed by atoms with Gasteiger partial charge in [-0.2, -0.15) is 0 Å². The molecule has 1 aromatic carbocycles. The highest BCUT2D eigenvalue weighted by atomic mass is 35.5. The summed E-state index contributed by atoms with van der Waals surface area (Å²) in [7, 11) is -2.99. The predicted octanol–water partition coefficient (Wildman–Crippen LogP) is 1.84. The van der Waals surface area contributed by atoms with Gasteiger partial charge in [0.1, 0.15) is 16.7 Å². The summed E-state index contributed by atoms with van der Waals surface area (Å²) in [5.74, 6) is -1.76. The predicted molar refractivity (Wildman–Crippen MR) is 72.3 cm³/mol. The van der Waals surface area contributed by atoms with E-state index in [4.69, 9.17) is 21.4 Å². The number of carboxylic acids is 1. The number of aromatic carboxylic acids is 1. The lowest BCUT2D eigenvalue weighted by molar-refractivity contribution is 0.0693. The normalized spacial score (nSPS) is 11.1. The lowest BCUT2D eigenvalue weighted by Crippen LogP contribution is -2.16. The smallest absolute Gasteiger partial charge is 0.339 e. The number of methoxy groups -OCH3 is 1. The zero-order chi connectivity index (χ0) is 15.6. The number of hydrogen-bond acceptors (Lipinski definition) is 6. The first-order valence-corrected chi connectivity index (χ1v) is 7.25. The monoisotopic (exact) mass is 332 g/mol. The molecule has 21 heavy (non-hydrogen) atoms. The fourth-order valence-corrected chi connectivity index (χ4v) is 3.09. The van der Waals surface area contributed by atoms with Crippen molar-refractivity contribution < 1.29 is 27.6 Å². The molecule has 112 valence electrons. The second kappa shape index (κ2) is 5.62. The van der Waals surface area contributed by atoms with E-state index in [1.165, 1.54) is 12.3 Å². The fraction of sp³-hybridized carbons (Fsp3) is 0.0909. The Morgan fingerprint density at radius 1 is 1.48 bits per heavy atom. The molecule has 0 fully saturated rings. The molecule has 0 saturated heterocycles. The number of nitrogens with one attached hydrogen (secondary N) is 1. The third kappa shape index (κ3) is 3.09. The minimum atomic E-state index is -4.15. The number of hydrogen-bond donors (Lipinski definition) is 2. The molecule has 0 atom stereocenters. The summed E-state index contributed by atoms with van der Waals surface area (Å²) in [4.78, 5) is 10.7. The second-order valence-corrected chi connectivity index (χ2v) is 5.87. The van der Waals surface area contributed by atoms with Crippen LogP contribution in [0.2, 0.25) is 5.02 Å². The number of rotatable bonds is 5. The maximum Gasteiger partial charge on any atom is 0.339 e. The van der Waals surface area contributed by atoms with Gasteiger partial charge in [-0.1, -0.05) is 16.8 Å². The SMILES string of the molecule is COc1c(C(=O)O)cc(Cl)cc1S(=O)(=O)Nc1ccon1. The van der Waals surface area contributed by atoms with Gasteiger partial charge in [-0.25, -0.2) is 13.2 Å². The van der Waals surface area contributed by atoms with Gasteiger partial charge in [-0.3, -0.25) is 4.72 Å². The van der Waals surface area contributed by atoms with Gasteiger partial charge < -0.3 is 14.4 Å². The van der Waals surface area contributed by atoms with Crippen molar-refractivity contribution in [2.75, 3.05) is 11.8 Å². The van der Waals surface area contributed by atoms with E-state index in [0.29, 0.717) is 0 Å². The number of carbonyl (C=O) groups is 1. The molecule has 0 unspecified atom stereocenters. The summed E-state index contributed by atoms with van der Waals surface area (Å²) in [6.07, 6.45) is 1.18. The number of ether oxygens (including phenoxy) is 1. The van der Waals surface area contributed by atoms with Crippen molar-refractivity contribution in [3.05, 3.63) is 35.0 Å². The fourth-order valence-electron chi connectivity index (χ4n) is 1.60. The molecule has 10 heteroatoms. The highest BCUT2D eigenvalue weighted by Gasteiger charge is 2.26. The van der Waals surface area contributed by atoms with E-state index in [1.807, 2.05) is 0 Å². The average molecular weight is 333 g/mol. The molecule has 2 N–H and O–H groups in total. The molecule has 0 bridgehead atoms. The number of anilines is 1. The van der Waals surface area contributed by atoms with Crippen LogP contribution in [-0.4, -0.2) is 31.8 Å². The van der Waals surface area contributed by atoms with Crippen molar-refractivity contribution in [3.8, 4) is 5.75 Å². The van der Waals surface area contributed by atoms with E-state index in [9.17, 15) is 13.2 Å². The molecule has 2 aromatic rings. The molecule has 0 saturated carbocycles. The van der Waals surface area contributed by atoms with Gasteiger partial charge in [0.2, 0.25) is 0 Å². The summed E-state index contributed by atoms with van der Waals surface area (Å²) in [5.41, 5.74) is -0.370. The molecule has 2 rings (SSSR count). The maximum absolute atomic E-state index is 12.3. The number of nitrogens with zero attached hydrogens (tertiary/aromatic N) is 1. The molecule has 0 amide bonds. The topological polar surface area (TPSA) is 119 Å². The van der Waals surface area contributed by atoms with Gasteiger partial charge >= 0.3 is 5.97 Å². The Balaban J connectivity index is 2.59. The summed E-state index contributed by atoms with van der Waals surface area (Å²) >= 11 is 5.77. The van der Waals surface area contributed by atoms with Crippen molar-refractivity contribution >= 4 is 33.4 Å². The first-order chi connectivity index (χ1) is 9.85. The molecule has 0 radical (unpaired) electrons. The second-order valence-electron chi connectivity index (χ2n) is 3.78. The third-order valence-corrected chi connectivity index (χ3v) is 4.00. The standard InChI is InChI=1S/C11H9ClN2O6S/c1-19-10-7(11(15)16)4-6(12)5-8(10)21(17,18)14-9-2-3-20-13-9/h2-5H,1H3,(H,13,14)(H,15,16). The number of halogens is 1. The van der Waals surface area contributed by atoms with Crippen molar-refractivity contribution in [1.29, 1.82) is 0 Å². The van der Waals surface area contributed by atoms with Crippen molar-refractivity contribution in [1.82, 2.24) is 5.16 Å². The highest BCUT2D eigenvalue weighted by Crippen LogP contribution is 2.32. The van der Waals surface area contributed by atoms with Crippen LogP contribution in [0.25, 0.3) is 0 Å². The van der Waals surface area contributed by atoms with Gasteiger partial charge in [0.25, 0.3) is 10.0 Å². The van der Waals surface area contributed by atoms with E-state index < -0.39 is 20.9 Å². The van der Waals surface area contributed by atoms with Crippen LogP contribution >= 0.6 is 11.6 Å². The molecule has 0 aliphatic carbocycles. The van der Waals surface area contributed by atoms with Crippen LogP contribution < -0.4 is 9.46 Å². The Bertz CT molecular complexity index is 772. The van der Waals surface area contributed by atoms with Gasteiger partial charge in [-0.05, 0) is 12.1 Å². The van der Waals surface area contributed by atoms with Crippen molar-refractivity contribution in [2.45, 2.75) is 4.90 Å². The Morgan fingerprint density at radius 3 is 2.71 bits per heavy atom.